The van der Waals surface area contributed by atoms with Crippen LogP contribution < -0.4 is 0 Å². The molecule has 0 heterocycles. The van der Waals surface area contributed by atoms with Crippen molar-refractivity contribution < 1.29 is 0 Å². The molecule has 0 nitrogen and oxygen atoms in total. The molecule has 0 atom stereocenters. The number of hydrogen-bond donors (Lipinski definition) is 0. The van der Waals surface area contributed by atoms with Crippen LogP contribution in [0.5, 0.6) is 0 Å². The van der Waals surface area contributed by atoms with Crippen LogP contribution >= 0.6 is 0 Å². The Morgan fingerprint density at radius 1 is 1.14 bits per heavy atom. The average molecular weight is 184 g/mol. The zero-order valence-corrected chi connectivity index (χ0v) is 8.88. The van der Waals surface area contributed by atoms with Crippen molar-refractivity contribution in [3.05, 3.63) is 52.6 Å². The first-order valence-corrected chi connectivity index (χ1v) is 5.20. The molecule has 1 aliphatic rings. The summed E-state index contributed by atoms with van der Waals surface area (Å²) in [5.74, 6) is 0. The van der Waals surface area contributed by atoms with E-state index in [1.54, 1.807) is 0 Å². The van der Waals surface area contributed by atoms with E-state index < -0.39 is 0 Å². The predicted octanol–water partition coefficient (Wildman–Crippen LogP) is 4.04. The second-order valence-electron chi connectivity index (χ2n) is 4.01. The summed E-state index contributed by atoms with van der Waals surface area (Å²) in [4.78, 5) is 0. The molecule has 2 rings (SSSR count). The Labute approximate surface area is 86.0 Å². The van der Waals surface area contributed by atoms with Gasteiger partial charge < -0.3 is 0 Å². The number of rotatable bonds is 2. The van der Waals surface area contributed by atoms with Gasteiger partial charge in [-0.15, -0.1) is 0 Å². The van der Waals surface area contributed by atoms with Gasteiger partial charge in [-0.2, -0.15) is 0 Å². The summed E-state index contributed by atoms with van der Waals surface area (Å²) in [6, 6.07) is 6.59. The predicted molar refractivity (Wildman–Crippen MR) is 62.3 cm³/mol. The Balaban J connectivity index is 2.22. The van der Waals surface area contributed by atoms with Crippen molar-refractivity contribution in [1.29, 1.82) is 0 Å². The lowest BCUT2D eigenvalue weighted by Crippen LogP contribution is -1.89. The molecule has 0 unspecified atom stereocenters. The van der Waals surface area contributed by atoms with Crippen LogP contribution in [0.4, 0.5) is 0 Å². The number of allylic oxidation sites excluding steroid dienone is 3. The SMILES string of the molecule is Cc1ccc(C)c(/C=C/C2=CCC2)c1. The molecule has 0 saturated carbocycles. The van der Waals surface area contributed by atoms with Gasteiger partial charge in [0.05, 0.1) is 0 Å². The van der Waals surface area contributed by atoms with Crippen molar-refractivity contribution in [3.8, 4) is 0 Å². The molecule has 0 radical (unpaired) electrons. The van der Waals surface area contributed by atoms with E-state index in [9.17, 15) is 0 Å². The first-order chi connectivity index (χ1) is 6.75. The van der Waals surface area contributed by atoms with Crippen LogP contribution in [0.25, 0.3) is 6.08 Å². The summed E-state index contributed by atoms with van der Waals surface area (Å²) in [5, 5.41) is 0. The van der Waals surface area contributed by atoms with Gasteiger partial charge in [-0.3, -0.25) is 0 Å². The maximum Gasteiger partial charge on any atom is -0.0225 e. The highest BCUT2D eigenvalue weighted by molar-refractivity contribution is 5.57. The summed E-state index contributed by atoms with van der Waals surface area (Å²) in [6.45, 7) is 4.30. The van der Waals surface area contributed by atoms with Crippen LogP contribution in [-0.4, -0.2) is 0 Å². The van der Waals surface area contributed by atoms with E-state index >= 15 is 0 Å². The van der Waals surface area contributed by atoms with Gasteiger partial charge in [-0.25, -0.2) is 0 Å². The van der Waals surface area contributed by atoms with E-state index in [-0.39, 0.29) is 0 Å². The molecule has 0 spiro atoms. The van der Waals surface area contributed by atoms with E-state index in [0.29, 0.717) is 0 Å². The Hall–Kier alpha value is -1.30. The van der Waals surface area contributed by atoms with Crippen LogP contribution in [0.1, 0.15) is 29.5 Å². The van der Waals surface area contributed by atoms with Crippen molar-refractivity contribution in [2.24, 2.45) is 0 Å². The Bertz CT molecular complexity index is 394. The average Bonchev–Trinajstić information content (AvgIpc) is 2.08. The van der Waals surface area contributed by atoms with E-state index in [0.717, 1.165) is 0 Å². The molecule has 1 aliphatic carbocycles. The Morgan fingerprint density at radius 3 is 2.57 bits per heavy atom. The van der Waals surface area contributed by atoms with E-state index in [2.05, 4.69) is 50.3 Å². The van der Waals surface area contributed by atoms with Gasteiger partial charge in [0.1, 0.15) is 0 Å². The molecule has 0 aliphatic heterocycles. The standard InChI is InChI=1S/C14H16/c1-11-6-7-12(2)14(10-11)9-8-13-4-3-5-13/h4,6-10H,3,5H2,1-2H3/b9-8+. The van der Waals surface area contributed by atoms with Gasteiger partial charge in [-0.05, 0) is 37.8 Å². The van der Waals surface area contributed by atoms with Crippen LogP contribution in [0, 0.1) is 13.8 Å². The monoisotopic (exact) mass is 184 g/mol. The molecule has 0 amide bonds. The molecule has 0 bridgehead atoms. The van der Waals surface area contributed by atoms with Gasteiger partial charge >= 0.3 is 0 Å². The lowest BCUT2D eigenvalue weighted by Gasteiger charge is -2.09. The topological polar surface area (TPSA) is 0 Å². The Morgan fingerprint density at radius 2 is 1.93 bits per heavy atom. The second kappa shape index (κ2) is 3.83. The quantitative estimate of drug-likeness (QED) is 0.650. The van der Waals surface area contributed by atoms with Gasteiger partial charge in [0, 0.05) is 0 Å². The summed E-state index contributed by atoms with van der Waals surface area (Å²) in [5.41, 5.74) is 5.51. The number of aryl methyl sites for hydroxylation is 2. The normalized spacial score (nSPS) is 15.4. The third kappa shape index (κ3) is 1.95. The molecular weight excluding hydrogens is 168 g/mol. The molecule has 0 saturated heterocycles. The molecule has 72 valence electrons. The molecule has 1 aromatic carbocycles. The van der Waals surface area contributed by atoms with Crippen LogP contribution in [0.3, 0.4) is 0 Å². The summed E-state index contributed by atoms with van der Waals surface area (Å²) < 4.78 is 0. The highest BCUT2D eigenvalue weighted by Crippen LogP contribution is 2.21. The third-order valence-corrected chi connectivity index (χ3v) is 2.75. The fourth-order valence-electron chi connectivity index (χ4n) is 1.60. The fraction of sp³-hybridized carbons (Fsp3) is 0.286. The zero-order chi connectivity index (χ0) is 9.97. The maximum atomic E-state index is 2.29. The fourth-order valence-corrected chi connectivity index (χ4v) is 1.60. The van der Waals surface area contributed by atoms with Crippen molar-refractivity contribution >= 4 is 6.08 Å². The van der Waals surface area contributed by atoms with Gasteiger partial charge in [0.25, 0.3) is 0 Å². The largest absolute Gasteiger partial charge is 0.0810 e. The number of benzene rings is 1. The van der Waals surface area contributed by atoms with Gasteiger partial charge in [0.15, 0.2) is 0 Å². The summed E-state index contributed by atoms with van der Waals surface area (Å²) in [7, 11) is 0. The number of hydrogen-bond acceptors (Lipinski definition) is 0. The molecule has 0 aromatic heterocycles. The van der Waals surface area contributed by atoms with E-state index in [1.165, 1.54) is 35.1 Å². The van der Waals surface area contributed by atoms with Gasteiger partial charge in [0.2, 0.25) is 0 Å². The molecule has 1 aromatic rings. The van der Waals surface area contributed by atoms with Crippen molar-refractivity contribution in [2.45, 2.75) is 26.7 Å². The van der Waals surface area contributed by atoms with E-state index in [1.807, 2.05) is 0 Å². The van der Waals surface area contributed by atoms with Crippen molar-refractivity contribution in [1.82, 2.24) is 0 Å². The lowest BCUT2D eigenvalue weighted by molar-refractivity contribution is 0.908. The van der Waals surface area contributed by atoms with Crippen molar-refractivity contribution in [3.63, 3.8) is 0 Å². The third-order valence-electron chi connectivity index (χ3n) is 2.75. The first-order valence-electron chi connectivity index (χ1n) is 5.20. The smallest absolute Gasteiger partial charge is 0.0225 e. The zero-order valence-electron chi connectivity index (χ0n) is 8.88. The highest BCUT2D eigenvalue weighted by Gasteiger charge is 2.01. The lowest BCUT2D eigenvalue weighted by atomic mass is 9.97. The minimum absolute atomic E-state index is 1.25. The highest BCUT2D eigenvalue weighted by atomic mass is 14.1. The minimum Gasteiger partial charge on any atom is -0.0810 e. The second-order valence-corrected chi connectivity index (χ2v) is 4.01. The van der Waals surface area contributed by atoms with Gasteiger partial charge in [-0.1, -0.05) is 47.6 Å². The molecule has 14 heavy (non-hydrogen) atoms. The van der Waals surface area contributed by atoms with E-state index in [4.69, 9.17) is 0 Å². The van der Waals surface area contributed by atoms with Crippen molar-refractivity contribution in [2.75, 3.05) is 0 Å². The van der Waals surface area contributed by atoms with Crippen LogP contribution in [0.15, 0.2) is 35.9 Å². The summed E-state index contributed by atoms with van der Waals surface area (Å²) in [6.07, 6.45) is 9.27. The molecule has 0 N–H and O–H groups in total. The molecule has 0 heteroatoms. The Kier molecular flexibility index (Phi) is 2.53. The minimum atomic E-state index is 1.25. The van der Waals surface area contributed by atoms with Crippen LogP contribution in [-0.2, 0) is 0 Å². The first kappa shape index (κ1) is 9.26. The maximum absolute atomic E-state index is 2.29. The summed E-state index contributed by atoms with van der Waals surface area (Å²) >= 11 is 0. The van der Waals surface area contributed by atoms with Crippen LogP contribution in [0.2, 0.25) is 0 Å². The molecular formula is C14H16. The molecule has 0 fully saturated rings.